The Hall–Kier alpha value is -4.29. The molecule has 2 amide bonds. The number of amides is 2. The van der Waals surface area contributed by atoms with E-state index in [9.17, 15) is 9.59 Å². The maximum absolute atomic E-state index is 13.4. The van der Waals surface area contributed by atoms with Crippen LogP contribution in [0.25, 0.3) is 31.7 Å². The Morgan fingerprint density at radius 2 is 1.46 bits per heavy atom. The van der Waals surface area contributed by atoms with E-state index in [1.807, 2.05) is 38.4 Å². The SMILES string of the molecule is CN(C)c1ccc(-c2ccc(-c3ccc4c5c(cccc35)C(=O)N(c3cccnc3)C4=O)s2)cc1. The van der Waals surface area contributed by atoms with Gasteiger partial charge in [-0.2, -0.15) is 0 Å². The predicted molar refractivity (Wildman–Crippen MR) is 142 cm³/mol. The maximum atomic E-state index is 13.4. The molecule has 2 aromatic heterocycles. The lowest BCUT2D eigenvalue weighted by Crippen LogP contribution is -2.40. The number of aromatic nitrogens is 1. The Balaban J connectivity index is 1.44. The van der Waals surface area contributed by atoms with Crippen LogP contribution in [0.15, 0.2) is 91.3 Å². The molecule has 0 aliphatic carbocycles. The van der Waals surface area contributed by atoms with Crippen LogP contribution < -0.4 is 9.80 Å². The molecule has 1 aliphatic heterocycles. The van der Waals surface area contributed by atoms with Crippen LogP contribution in [0.1, 0.15) is 20.7 Å². The minimum atomic E-state index is -0.328. The van der Waals surface area contributed by atoms with E-state index in [4.69, 9.17) is 0 Å². The first-order chi connectivity index (χ1) is 17.0. The zero-order chi connectivity index (χ0) is 24.1. The number of pyridine rings is 1. The normalized spacial score (nSPS) is 12.9. The van der Waals surface area contributed by atoms with E-state index < -0.39 is 0 Å². The molecule has 5 aromatic rings. The second-order valence-electron chi connectivity index (χ2n) is 8.65. The summed E-state index contributed by atoms with van der Waals surface area (Å²) in [4.78, 5) is 36.4. The lowest BCUT2D eigenvalue weighted by atomic mass is 9.90. The lowest BCUT2D eigenvalue weighted by molar-refractivity contribution is 0.0893. The third-order valence-corrected chi connectivity index (χ3v) is 7.52. The average molecular weight is 476 g/mol. The molecule has 1 aliphatic rings. The van der Waals surface area contributed by atoms with Crippen molar-refractivity contribution in [3.8, 4) is 20.9 Å². The van der Waals surface area contributed by atoms with E-state index in [2.05, 4.69) is 46.3 Å². The number of rotatable bonds is 4. The third-order valence-electron chi connectivity index (χ3n) is 6.35. The summed E-state index contributed by atoms with van der Waals surface area (Å²) in [5.41, 5.74) is 4.85. The molecule has 170 valence electrons. The van der Waals surface area contributed by atoms with Gasteiger partial charge in [-0.05, 0) is 65.0 Å². The first-order valence-corrected chi connectivity index (χ1v) is 12.1. The second-order valence-corrected chi connectivity index (χ2v) is 9.73. The molecule has 0 N–H and O–H groups in total. The smallest absolute Gasteiger partial charge is 0.266 e. The molecule has 6 heteroatoms. The number of hydrogen-bond acceptors (Lipinski definition) is 5. The topological polar surface area (TPSA) is 53.5 Å². The standard InChI is InChI=1S/C29H21N3O2S/c1-31(2)19-10-8-18(9-11-19)25-14-15-26(35-25)21-12-13-24-27-22(21)6-3-7-23(27)28(33)32(29(24)34)20-5-4-16-30-17-20/h3-17H,1-2H3. The molecule has 0 unspecified atom stereocenters. The highest BCUT2D eigenvalue weighted by molar-refractivity contribution is 7.18. The van der Waals surface area contributed by atoms with Crippen molar-refractivity contribution in [2.75, 3.05) is 23.9 Å². The van der Waals surface area contributed by atoms with Gasteiger partial charge in [0, 0.05) is 52.2 Å². The molecule has 0 spiro atoms. The number of imide groups is 1. The van der Waals surface area contributed by atoms with E-state index in [1.54, 1.807) is 35.7 Å². The van der Waals surface area contributed by atoms with Crippen molar-refractivity contribution >= 4 is 45.3 Å². The Morgan fingerprint density at radius 3 is 2.17 bits per heavy atom. The summed E-state index contributed by atoms with van der Waals surface area (Å²) in [7, 11) is 4.06. The van der Waals surface area contributed by atoms with E-state index in [0.29, 0.717) is 22.2 Å². The van der Waals surface area contributed by atoms with Gasteiger partial charge in [0.05, 0.1) is 11.9 Å². The quantitative estimate of drug-likeness (QED) is 0.279. The largest absolute Gasteiger partial charge is 0.378 e. The maximum Gasteiger partial charge on any atom is 0.266 e. The first-order valence-electron chi connectivity index (χ1n) is 11.3. The third kappa shape index (κ3) is 3.42. The summed E-state index contributed by atoms with van der Waals surface area (Å²) in [5, 5.41) is 1.62. The number of nitrogens with zero attached hydrogens (tertiary/aromatic N) is 3. The van der Waals surface area contributed by atoms with Crippen molar-refractivity contribution in [1.29, 1.82) is 0 Å². The Kier molecular flexibility index (Phi) is 4.97. The fourth-order valence-corrected chi connectivity index (χ4v) is 5.64. The fourth-order valence-electron chi connectivity index (χ4n) is 4.59. The van der Waals surface area contributed by atoms with Gasteiger partial charge < -0.3 is 4.90 Å². The van der Waals surface area contributed by atoms with Gasteiger partial charge >= 0.3 is 0 Å². The minimum absolute atomic E-state index is 0.328. The molecule has 0 radical (unpaired) electrons. The molecule has 0 saturated heterocycles. The highest BCUT2D eigenvalue weighted by Gasteiger charge is 2.34. The summed E-state index contributed by atoms with van der Waals surface area (Å²) < 4.78 is 0. The Bertz CT molecular complexity index is 1580. The van der Waals surface area contributed by atoms with Crippen LogP contribution in [0.4, 0.5) is 11.4 Å². The van der Waals surface area contributed by atoms with Gasteiger partial charge in [0.15, 0.2) is 0 Å². The summed E-state index contributed by atoms with van der Waals surface area (Å²) in [5.74, 6) is -0.655. The van der Waals surface area contributed by atoms with Gasteiger partial charge in [-0.3, -0.25) is 14.6 Å². The van der Waals surface area contributed by atoms with Crippen LogP contribution in [0.5, 0.6) is 0 Å². The Labute approximate surface area is 206 Å². The van der Waals surface area contributed by atoms with Crippen molar-refractivity contribution < 1.29 is 9.59 Å². The van der Waals surface area contributed by atoms with Crippen molar-refractivity contribution in [2.24, 2.45) is 0 Å². The van der Waals surface area contributed by atoms with Gasteiger partial charge in [-0.1, -0.05) is 30.3 Å². The molecule has 3 heterocycles. The molecule has 0 saturated carbocycles. The predicted octanol–water partition coefficient (Wildman–Crippen LogP) is 6.50. The van der Waals surface area contributed by atoms with Crippen LogP contribution in [0.2, 0.25) is 0 Å². The average Bonchev–Trinajstić information content (AvgIpc) is 3.38. The fraction of sp³-hybridized carbons (Fsp3) is 0.0690. The molecule has 0 fully saturated rings. The highest BCUT2D eigenvalue weighted by atomic mass is 32.1. The van der Waals surface area contributed by atoms with Gasteiger partial charge in [0.25, 0.3) is 11.8 Å². The summed E-state index contributed by atoms with van der Waals surface area (Å²) in [6, 6.07) is 25.7. The highest BCUT2D eigenvalue weighted by Crippen LogP contribution is 2.41. The zero-order valence-corrected chi connectivity index (χ0v) is 20.0. The molecule has 0 bridgehead atoms. The zero-order valence-electron chi connectivity index (χ0n) is 19.2. The minimum Gasteiger partial charge on any atom is -0.378 e. The van der Waals surface area contributed by atoms with E-state index in [0.717, 1.165) is 27.1 Å². The second kappa shape index (κ2) is 8.18. The van der Waals surface area contributed by atoms with Crippen LogP contribution >= 0.6 is 11.3 Å². The van der Waals surface area contributed by atoms with Crippen LogP contribution in [-0.4, -0.2) is 30.9 Å². The van der Waals surface area contributed by atoms with Crippen molar-refractivity contribution in [3.05, 3.63) is 102 Å². The number of carbonyl (C=O) groups is 2. The van der Waals surface area contributed by atoms with E-state index >= 15 is 0 Å². The number of thiophene rings is 1. The summed E-state index contributed by atoms with van der Waals surface area (Å²) >= 11 is 1.70. The molecule has 0 atom stereocenters. The lowest BCUT2D eigenvalue weighted by Gasteiger charge is -2.27. The Morgan fingerprint density at radius 1 is 0.743 bits per heavy atom. The number of carbonyl (C=O) groups excluding carboxylic acids is 2. The summed E-state index contributed by atoms with van der Waals surface area (Å²) in [6.07, 6.45) is 3.16. The van der Waals surface area contributed by atoms with Crippen molar-refractivity contribution in [3.63, 3.8) is 0 Å². The van der Waals surface area contributed by atoms with E-state index in [1.165, 1.54) is 16.0 Å². The van der Waals surface area contributed by atoms with Gasteiger partial charge in [0.1, 0.15) is 0 Å². The number of benzene rings is 3. The number of hydrogen-bond donors (Lipinski definition) is 0. The van der Waals surface area contributed by atoms with Crippen LogP contribution in [0, 0.1) is 0 Å². The molecule has 35 heavy (non-hydrogen) atoms. The van der Waals surface area contributed by atoms with Gasteiger partial charge in [0.2, 0.25) is 0 Å². The van der Waals surface area contributed by atoms with Gasteiger partial charge in [-0.25, -0.2) is 4.90 Å². The van der Waals surface area contributed by atoms with Crippen molar-refractivity contribution in [1.82, 2.24) is 4.98 Å². The molecule has 6 rings (SSSR count). The molecular weight excluding hydrogens is 454 g/mol. The monoisotopic (exact) mass is 475 g/mol. The number of anilines is 2. The van der Waals surface area contributed by atoms with Crippen molar-refractivity contribution in [2.45, 2.75) is 0 Å². The first kappa shape index (κ1) is 21.3. The van der Waals surface area contributed by atoms with Crippen LogP contribution in [-0.2, 0) is 0 Å². The molecule has 3 aromatic carbocycles. The van der Waals surface area contributed by atoms with Crippen LogP contribution in [0.3, 0.4) is 0 Å². The van der Waals surface area contributed by atoms with Gasteiger partial charge in [-0.15, -0.1) is 11.3 Å². The van der Waals surface area contributed by atoms with E-state index in [-0.39, 0.29) is 11.8 Å². The molecule has 5 nitrogen and oxygen atoms in total. The summed E-state index contributed by atoms with van der Waals surface area (Å²) in [6.45, 7) is 0. The molecular formula is C29H21N3O2S.